The maximum absolute atomic E-state index is 5.84. The molecule has 0 unspecified atom stereocenters. The second-order valence-corrected chi connectivity index (χ2v) is 5.95. The SMILES string of the molecule is c1ccc(C(c2ccccc2)N2CC(Oc3ncccn3)C2)cc1. The lowest BCUT2D eigenvalue weighted by Gasteiger charge is -2.43. The van der Waals surface area contributed by atoms with Crippen LogP contribution in [0.25, 0.3) is 0 Å². The molecule has 1 fully saturated rings. The van der Waals surface area contributed by atoms with Crippen molar-refractivity contribution in [1.82, 2.24) is 14.9 Å². The van der Waals surface area contributed by atoms with Crippen molar-refractivity contribution < 1.29 is 4.74 Å². The Hall–Kier alpha value is -2.72. The van der Waals surface area contributed by atoms with Crippen LogP contribution in [-0.4, -0.2) is 34.1 Å². The van der Waals surface area contributed by atoms with Crippen LogP contribution in [0.1, 0.15) is 17.2 Å². The van der Waals surface area contributed by atoms with Crippen molar-refractivity contribution in [1.29, 1.82) is 0 Å². The molecule has 0 radical (unpaired) electrons. The zero-order valence-electron chi connectivity index (χ0n) is 13.3. The molecule has 4 nitrogen and oxygen atoms in total. The predicted molar refractivity (Wildman–Crippen MR) is 92.7 cm³/mol. The van der Waals surface area contributed by atoms with Gasteiger partial charge in [0.25, 0.3) is 0 Å². The molecule has 2 heterocycles. The standard InChI is InChI=1S/C20H19N3O/c1-3-8-16(9-4-1)19(17-10-5-2-6-11-17)23-14-18(15-23)24-20-21-12-7-13-22-20/h1-13,18-19H,14-15H2. The van der Waals surface area contributed by atoms with Gasteiger partial charge in [-0.15, -0.1) is 0 Å². The summed E-state index contributed by atoms with van der Waals surface area (Å²) in [7, 11) is 0. The number of aromatic nitrogens is 2. The van der Waals surface area contributed by atoms with Gasteiger partial charge in [-0.05, 0) is 17.2 Å². The minimum absolute atomic E-state index is 0.141. The van der Waals surface area contributed by atoms with Crippen LogP contribution in [0.3, 0.4) is 0 Å². The maximum atomic E-state index is 5.84. The molecule has 0 saturated carbocycles. The molecular formula is C20H19N3O. The molecule has 4 rings (SSSR count). The number of hydrogen-bond donors (Lipinski definition) is 0. The van der Waals surface area contributed by atoms with E-state index in [9.17, 15) is 0 Å². The van der Waals surface area contributed by atoms with E-state index in [1.54, 1.807) is 18.5 Å². The Bertz CT molecular complexity index is 719. The van der Waals surface area contributed by atoms with Gasteiger partial charge in [0.1, 0.15) is 6.10 Å². The minimum atomic E-state index is 0.141. The summed E-state index contributed by atoms with van der Waals surface area (Å²) in [6, 6.07) is 23.7. The van der Waals surface area contributed by atoms with Crippen molar-refractivity contribution in [2.75, 3.05) is 13.1 Å². The largest absolute Gasteiger partial charge is 0.457 e. The monoisotopic (exact) mass is 317 g/mol. The van der Waals surface area contributed by atoms with Crippen LogP contribution in [0, 0.1) is 0 Å². The molecule has 120 valence electrons. The zero-order chi connectivity index (χ0) is 16.2. The molecule has 24 heavy (non-hydrogen) atoms. The van der Waals surface area contributed by atoms with E-state index in [1.165, 1.54) is 11.1 Å². The predicted octanol–water partition coefficient (Wildman–Crippen LogP) is 3.33. The van der Waals surface area contributed by atoms with Gasteiger partial charge in [0.05, 0.1) is 6.04 Å². The number of rotatable bonds is 5. The van der Waals surface area contributed by atoms with E-state index in [0.717, 1.165) is 13.1 Å². The molecule has 0 aliphatic carbocycles. The summed E-state index contributed by atoms with van der Waals surface area (Å²) in [6.45, 7) is 1.74. The molecule has 1 aliphatic rings. The van der Waals surface area contributed by atoms with Crippen LogP contribution in [0.15, 0.2) is 79.1 Å². The van der Waals surface area contributed by atoms with Crippen molar-refractivity contribution >= 4 is 0 Å². The summed E-state index contributed by atoms with van der Waals surface area (Å²) in [4.78, 5) is 10.7. The minimum Gasteiger partial charge on any atom is -0.457 e. The first-order chi connectivity index (χ1) is 11.9. The number of hydrogen-bond acceptors (Lipinski definition) is 4. The first-order valence-electron chi connectivity index (χ1n) is 8.18. The molecule has 1 saturated heterocycles. The highest BCUT2D eigenvalue weighted by Gasteiger charge is 2.35. The fourth-order valence-corrected chi connectivity index (χ4v) is 3.14. The van der Waals surface area contributed by atoms with Crippen molar-refractivity contribution in [3.63, 3.8) is 0 Å². The van der Waals surface area contributed by atoms with Crippen LogP contribution in [0.5, 0.6) is 6.01 Å². The van der Waals surface area contributed by atoms with Gasteiger partial charge in [0.2, 0.25) is 0 Å². The Balaban J connectivity index is 1.50. The Morgan fingerprint density at radius 2 is 1.33 bits per heavy atom. The van der Waals surface area contributed by atoms with Crippen molar-refractivity contribution in [2.45, 2.75) is 12.1 Å². The summed E-state index contributed by atoms with van der Waals surface area (Å²) >= 11 is 0. The number of ether oxygens (including phenoxy) is 1. The van der Waals surface area contributed by atoms with E-state index in [4.69, 9.17) is 4.74 Å². The lowest BCUT2D eigenvalue weighted by molar-refractivity contribution is -0.00482. The fourth-order valence-electron chi connectivity index (χ4n) is 3.14. The lowest BCUT2D eigenvalue weighted by Crippen LogP contribution is -2.55. The highest BCUT2D eigenvalue weighted by Crippen LogP contribution is 2.32. The Morgan fingerprint density at radius 3 is 1.88 bits per heavy atom. The van der Waals surface area contributed by atoms with Crippen LogP contribution in [-0.2, 0) is 0 Å². The van der Waals surface area contributed by atoms with E-state index in [2.05, 4.69) is 75.5 Å². The molecule has 0 N–H and O–H groups in total. The summed E-state index contributed by atoms with van der Waals surface area (Å²) in [5, 5.41) is 0. The number of nitrogens with zero attached hydrogens (tertiary/aromatic N) is 3. The van der Waals surface area contributed by atoms with E-state index in [1.807, 2.05) is 0 Å². The van der Waals surface area contributed by atoms with E-state index in [-0.39, 0.29) is 12.1 Å². The third-order valence-electron chi connectivity index (χ3n) is 4.29. The van der Waals surface area contributed by atoms with Crippen molar-refractivity contribution in [2.24, 2.45) is 0 Å². The first kappa shape index (κ1) is 14.8. The highest BCUT2D eigenvalue weighted by atomic mass is 16.5. The van der Waals surface area contributed by atoms with Crippen molar-refractivity contribution in [3.8, 4) is 6.01 Å². The fraction of sp³-hybridized carbons (Fsp3) is 0.200. The van der Waals surface area contributed by atoms with Crippen molar-refractivity contribution in [3.05, 3.63) is 90.3 Å². The van der Waals surface area contributed by atoms with Gasteiger partial charge < -0.3 is 4.74 Å². The van der Waals surface area contributed by atoms with Gasteiger partial charge in [-0.25, -0.2) is 9.97 Å². The molecule has 0 bridgehead atoms. The smallest absolute Gasteiger partial charge is 0.316 e. The van der Waals surface area contributed by atoms with Crippen LogP contribution in [0.2, 0.25) is 0 Å². The third kappa shape index (κ3) is 3.14. The van der Waals surface area contributed by atoms with Crippen LogP contribution in [0.4, 0.5) is 0 Å². The van der Waals surface area contributed by atoms with Gasteiger partial charge >= 0.3 is 6.01 Å². The molecule has 1 aromatic heterocycles. The van der Waals surface area contributed by atoms with Crippen LogP contribution < -0.4 is 4.74 Å². The normalized spacial score (nSPS) is 15.2. The highest BCUT2D eigenvalue weighted by molar-refractivity contribution is 5.32. The van der Waals surface area contributed by atoms with Gasteiger partial charge in [0, 0.05) is 25.5 Å². The molecule has 0 atom stereocenters. The van der Waals surface area contributed by atoms with E-state index >= 15 is 0 Å². The van der Waals surface area contributed by atoms with Crippen LogP contribution >= 0.6 is 0 Å². The van der Waals surface area contributed by atoms with E-state index in [0.29, 0.717) is 6.01 Å². The molecule has 0 amide bonds. The first-order valence-corrected chi connectivity index (χ1v) is 8.18. The second kappa shape index (κ2) is 6.81. The molecule has 0 spiro atoms. The molecule has 3 aromatic rings. The zero-order valence-corrected chi connectivity index (χ0v) is 13.3. The van der Waals surface area contributed by atoms with Gasteiger partial charge in [0.15, 0.2) is 0 Å². The Kier molecular flexibility index (Phi) is 4.21. The molecular weight excluding hydrogens is 298 g/mol. The van der Waals surface area contributed by atoms with Gasteiger partial charge in [-0.3, -0.25) is 4.90 Å². The molecule has 1 aliphatic heterocycles. The number of likely N-dealkylation sites (tertiary alicyclic amines) is 1. The molecule has 4 heteroatoms. The summed E-state index contributed by atoms with van der Waals surface area (Å²) in [5.74, 6) is 0. The lowest BCUT2D eigenvalue weighted by atomic mass is 9.94. The summed E-state index contributed by atoms with van der Waals surface area (Å²) in [6.07, 6.45) is 3.55. The van der Waals surface area contributed by atoms with E-state index < -0.39 is 0 Å². The Labute approximate surface area is 141 Å². The topological polar surface area (TPSA) is 38.2 Å². The second-order valence-electron chi connectivity index (χ2n) is 5.95. The Morgan fingerprint density at radius 1 is 0.792 bits per heavy atom. The summed E-state index contributed by atoms with van der Waals surface area (Å²) < 4.78 is 5.84. The van der Waals surface area contributed by atoms with Gasteiger partial charge in [-0.1, -0.05) is 60.7 Å². The maximum Gasteiger partial charge on any atom is 0.316 e. The number of benzene rings is 2. The average molecular weight is 317 g/mol. The summed E-state index contributed by atoms with van der Waals surface area (Å²) in [5.41, 5.74) is 2.61. The average Bonchev–Trinajstić information content (AvgIpc) is 2.62. The quantitative estimate of drug-likeness (QED) is 0.723. The third-order valence-corrected chi connectivity index (χ3v) is 4.29. The molecule has 2 aromatic carbocycles. The van der Waals surface area contributed by atoms with Gasteiger partial charge in [-0.2, -0.15) is 0 Å².